The summed E-state index contributed by atoms with van der Waals surface area (Å²) in [7, 11) is 0. The second-order valence-corrected chi connectivity index (χ2v) is 9.85. The summed E-state index contributed by atoms with van der Waals surface area (Å²) in [5, 5.41) is 7.77. The average Bonchev–Trinajstić information content (AvgIpc) is 3.06. The number of fused-ring (bicyclic) bond motifs is 1. The number of carbonyl (C=O) groups is 5. The van der Waals surface area contributed by atoms with Crippen LogP contribution in [0.3, 0.4) is 0 Å². The van der Waals surface area contributed by atoms with Crippen molar-refractivity contribution in [1.82, 2.24) is 20.9 Å². The van der Waals surface area contributed by atoms with Crippen LogP contribution in [0.4, 0.5) is 4.79 Å². The molecule has 1 fully saturated rings. The Morgan fingerprint density at radius 2 is 1.60 bits per heavy atom. The number of amides is 5. The first-order chi connectivity index (χ1) is 16.6. The van der Waals surface area contributed by atoms with Crippen LogP contribution in [0.25, 0.3) is 0 Å². The summed E-state index contributed by atoms with van der Waals surface area (Å²) in [5.41, 5.74) is 0.286. The van der Waals surface area contributed by atoms with Crippen molar-refractivity contribution in [3.63, 3.8) is 0 Å². The van der Waals surface area contributed by atoms with E-state index in [1.807, 2.05) is 0 Å². The molecule has 0 saturated heterocycles. The van der Waals surface area contributed by atoms with Gasteiger partial charge in [0.1, 0.15) is 5.60 Å². The second-order valence-electron chi connectivity index (χ2n) is 9.85. The van der Waals surface area contributed by atoms with E-state index in [1.165, 1.54) is 11.0 Å². The SMILES string of the molecule is CC(C)(C)OC(=O)NCC(=O)NCCCNC(=O)c1ccc2c(c1)C(=O)N(C1CCCCC1)C2=O. The van der Waals surface area contributed by atoms with Gasteiger partial charge in [-0.25, -0.2) is 4.79 Å². The van der Waals surface area contributed by atoms with Crippen molar-refractivity contribution >= 4 is 29.7 Å². The summed E-state index contributed by atoms with van der Waals surface area (Å²) in [6.45, 7) is 5.59. The standard InChI is InChI=1S/C25H34N4O6/c1-25(2,3)35-24(34)28-15-20(30)26-12-7-13-27-21(31)16-10-11-18-19(14-16)23(33)29(22(18)32)17-8-5-4-6-9-17/h10-11,14,17H,4-9,12-13,15H2,1-3H3,(H,26,30)(H,27,31)(H,28,34). The van der Waals surface area contributed by atoms with Gasteiger partial charge in [-0.1, -0.05) is 19.3 Å². The van der Waals surface area contributed by atoms with Crippen molar-refractivity contribution in [1.29, 1.82) is 0 Å². The van der Waals surface area contributed by atoms with E-state index >= 15 is 0 Å². The summed E-state index contributed by atoms with van der Waals surface area (Å²) in [5.74, 6) is -1.33. The highest BCUT2D eigenvalue weighted by molar-refractivity contribution is 6.22. The van der Waals surface area contributed by atoms with Gasteiger partial charge < -0.3 is 20.7 Å². The fourth-order valence-electron chi connectivity index (χ4n) is 4.22. The van der Waals surface area contributed by atoms with Crippen LogP contribution >= 0.6 is 0 Å². The minimum Gasteiger partial charge on any atom is -0.444 e. The third-order valence-corrected chi connectivity index (χ3v) is 5.87. The zero-order valence-corrected chi connectivity index (χ0v) is 20.6. The summed E-state index contributed by atoms with van der Waals surface area (Å²) >= 11 is 0. The molecule has 0 unspecified atom stereocenters. The molecule has 2 aliphatic rings. The maximum absolute atomic E-state index is 12.9. The zero-order chi connectivity index (χ0) is 25.6. The molecule has 10 heteroatoms. The molecule has 1 saturated carbocycles. The van der Waals surface area contributed by atoms with Crippen LogP contribution in [0.5, 0.6) is 0 Å². The fraction of sp³-hybridized carbons (Fsp3) is 0.560. The third-order valence-electron chi connectivity index (χ3n) is 5.87. The molecule has 0 bridgehead atoms. The van der Waals surface area contributed by atoms with E-state index in [2.05, 4.69) is 16.0 Å². The quantitative estimate of drug-likeness (QED) is 0.382. The van der Waals surface area contributed by atoms with Crippen molar-refractivity contribution in [3.8, 4) is 0 Å². The Bertz CT molecular complexity index is 994. The smallest absolute Gasteiger partial charge is 0.408 e. The van der Waals surface area contributed by atoms with Crippen molar-refractivity contribution in [3.05, 3.63) is 34.9 Å². The van der Waals surface area contributed by atoms with Crippen molar-refractivity contribution in [2.75, 3.05) is 19.6 Å². The number of nitrogens with one attached hydrogen (secondary N) is 3. The topological polar surface area (TPSA) is 134 Å². The molecule has 0 spiro atoms. The number of nitrogens with zero attached hydrogens (tertiary/aromatic N) is 1. The zero-order valence-electron chi connectivity index (χ0n) is 20.6. The molecule has 0 atom stereocenters. The summed E-state index contributed by atoms with van der Waals surface area (Å²) < 4.78 is 5.06. The van der Waals surface area contributed by atoms with Crippen molar-refractivity contribution in [2.24, 2.45) is 0 Å². The molecule has 3 rings (SSSR count). The van der Waals surface area contributed by atoms with E-state index < -0.39 is 11.7 Å². The molecule has 0 radical (unpaired) electrons. The number of alkyl carbamates (subject to hydrolysis) is 1. The van der Waals surface area contributed by atoms with Gasteiger partial charge in [0.2, 0.25) is 5.91 Å². The molecule has 0 aromatic heterocycles. The number of hydrogen-bond acceptors (Lipinski definition) is 6. The third kappa shape index (κ3) is 7.03. The number of rotatable bonds is 8. The predicted molar refractivity (Wildman–Crippen MR) is 128 cm³/mol. The lowest BCUT2D eigenvalue weighted by atomic mass is 9.94. The van der Waals surface area contributed by atoms with E-state index in [4.69, 9.17) is 4.74 Å². The average molecular weight is 487 g/mol. The first-order valence-electron chi connectivity index (χ1n) is 12.1. The number of hydrogen-bond donors (Lipinski definition) is 3. The molecule has 1 aromatic carbocycles. The maximum Gasteiger partial charge on any atom is 0.408 e. The number of benzene rings is 1. The van der Waals surface area contributed by atoms with Crippen LogP contribution in [-0.2, 0) is 9.53 Å². The Kier molecular flexibility index (Phi) is 8.48. The molecule has 1 heterocycles. The van der Waals surface area contributed by atoms with Gasteiger partial charge in [0.25, 0.3) is 17.7 Å². The highest BCUT2D eigenvalue weighted by Gasteiger charge is 2.40. The van der Waals surface area contributed by atoms with E-state index in [0.717, 1.165) is 32.1 Å². The van der Waals surface area contributed by atoms with Crippen LogP contribution in [0.1, 0.15) is 90.4 Å². The van der Waals surface area contributed by atoms with Gasteiger partial charge in [0.05, 0.1) is 17.7 Å². The molecule has 35 heavy (non-hydrogen) atoms. The maximum atomic E-state index is 12.9. The van der Waals surface area contributed by atoms with Gasteiger partial charge in [-0.3, -0.25) is 24.1 Å². The molecule has 1 aromatic rings. The molecular weight excluding hydrogens is 452 g/mol. The van der Waals surface area contributed by atoms with Crippen LogP contribution < -0.4 is 16.0 Å². The van der Waals surface area contributed by atoms with Crippen molar-refractivity contribution < 1.29 is 28.7 Å². The van der Waals surface area contributed by atoms with Gasteiger partial charge in [-0.2, -0.15) is 0 Å². The lowest BCUT2D eigenvalue weighted by Gasteiger charge is -2.29. The highest BCUT2D eigenvalue weighted by Crippen LogP contribution is 2.31. The Labute approximate surface area is 205 Å². The Balaban J connectivity index is 1.41. The molecule has 10 nitrogen and oxygen atoms in total. The van der Waals surface area contributed by atoms with Crippen LogP contribution in [-0.4, -0.2) is 65.9 Å². The molecule has 1 aliphatic heterocycles. The Morgan fingerprint density at radius 1 is 0.943 bits per heavy atom. The lowest BCUT2D eigenvalue weighted by molar-refractivity contribution is -0.120. The first-order valence-corrected chi connectivity index (χ1v) is 12.1. The number of carbonyl (C=O) groups excluding carboxylic acids is 5. The van der Waals surface area contributed by atoms with Crippen LogP contribution in [0, 0.1) is 0 Å². The van der Waals surface area contributed by atoms with Crippen molar-refractivity contribution in [2.45, 2.75) is 70.9 Å². The van der Waals surface area contributed by atoms with E-state index in [9.17, 15) is 24.0 Å². The van der Waals surface area contributed by atoms with Gasteiger partial charge in [-0.15, -0.1) is 0 Å². The van der Waals surface area contributed by atoms with Gasteiger partial charge >= 0.3 is 6.09 Å². The minimum absolute atomic E-state index is 0.0667. The monoisotopic (exact) mass is 486 g/mol. The fourth-order valence-corrected chi connectivity index (χ4v) is 4.22. The van der Waals surface area contributed by atoms with Crippen LogP contribution in [0.15, 0.2) is 18.2 Å². The molecular formula is C25H34N4O6. The van der Waals surface area contributed by atoms with Gasteiger partial charge in [-0.05, 0) is 58.2 Å². The molecule has 5 amide bonds. The van der Waals surface area contributed by atoms with Crippen LogP contribution in [0.2, 0.25) is 0 Å². The first kappa shape index (κ1) is 26.2. The normalized spacial score (nSPS) is 16.0. The summed E-state index contributed by atoms with van der Waals surface area (Å²) in [6, 6.07) is 4.51. The predicted octanol–water partition coefficient (Wildman–Crippen LogP) is 2.38. The Morgan fingerprint density at radius 3 is 2.29 bits per heavy atom. The highest BCUT2D eigenvalue weighted by atomic mass is 16.6. The molecule has 1 aliphatic carbocycles. The molecule has 190 valence electrons. The largest absolute Gasteiger partial charge is 0.444 e. The van der Waals surface area contributed by atoms with E-state index in [1.54, 1.807) is 32.9 Å². The summed E-state index contributed by atoms with van der Waals surface area (Å²) in [4.78, 5) is 62.9. The minimum atomic E-state index is -0.670. The van der Waals surface area contributed by atoms with Gasteiger partial charge in [0, 0.05) is 24.7 Å². The number of imide groups is 1. The Hall–Kier alpha value is -3.43. The van der Waals surface area contributed by atoms with E-state index in [0.29, 0.717) is 30.6 Å². The second kappa shape index (κ2) is 11.3. The van der Waals surface area contributed by atoms with E-state index in [-0.39, 0.29) is 41.8 Å². The van der Waals surface area contributed by atoms with Gasteiger partial charge in [0.15, 0.2) is 0 Å². The molecule has 3 N–H and O–H groups in total. The summed E-state index contributed by atoms with van der Waals surface area (Å²) in [6.07, 6.45) is 4.59. The number of ether oxygens (including phenoxy) is 1. The lowest BCUT2D eigenvalue weighted by Crippen LogP contribution is -2.40.